The molecule has 84 valence electrons. The lowest BCUT2D eigenvalue weighted by atomic mass is 10.0. The van der Waals surface area contributed by atoms with E-state index in [1.54, 1.807) is 11.8 Å². The lowest BCUT2D eigenvalue weighted by Crippen LogP contribution is -2.39. The van der Waals surface area contributed by atoms with Crippen molar-refractivity contribution in [3.8, 4) is 0 Å². The minimum absolute atomic E-state index is 0.0873. The molecule has 0 aliphatic carbocycles. The van der Waals surface area contributed by atoms with Crippen LogP contribution >= 0.6 is 0 Å². The van der Waals surface area contributed by atoms with Crippen molar-refractivity contribution >= 4 is 5.91 Å². The van der Waals surface area contributed by atoms with Crippen molar-refractivity contribution in [2.45, 2.75) is 25.9 Å². The van der Waals surface area contributed by atoms with Gasteiger partial charge < -0.3 is 15.3 Å². The van der Waals surface area contributed by atoms with Crippen molar-refractivity contribution in [3.05, 3.63) is 11.1 Å². The highest BCUT2D eigenvalue weighted by molar-refractivity contribution is 5.94. The van der Waals surface area contributed by atoms with Gasteiger partial charge in [-0.1, -0.05) is 0 Å². The van der Waals surface area contributed by atoms with Crippen LogP contribution in [0.25, 0.3) is 0 Å². The van der Waals surface area contributed by atoms with Crippen LogP contribution < -0.4 is 5.32 Å². The zero-order valence-electron chi connectivity index (χ0n) is 9.34. The summed E-state index contributed by atoms with van der Waals surface area (Å²) in [4.78, 5) is 13.7. The number of nitrogens with zero attached hydrogens (tertiary/aromatic N) is 1. The first kappa shape index (κ1) is 10.6. The smallest absolute Gasteiger partial charge is 0.249 e. The van der Waals surface area contributed by atoms with E-state index in [0.29, 0.717) is 19.5 Å². The lowest BCUT2D eigenvalue weighted by Gasteiger charge is -2.25. The van der Waals surface area contributed by atoms with Gasteiger partial charge in [-0.05, 0) is 25.8 Å². The molecule has 2 fully saturated rings. The number of hydrogen-bond donors (Lipinski definition) is 2. The Morgan fingerprint density at radius 2 is 2.20 bits per heavy atom. The molecule has 0 saturated carbocycles. The Bertz CT molecular complexity index is 315. The number of aliphatic hydroxyl groups is 1. The van der Waals surface area contributed by atoms with Crippen LogP contribution in [0.5, 0.6) is 0 Å². The Morgan fingerprint density at radius 1 is 1.53 bits per heavy atom. The molecule has 2 heterocycles. The van der Waals surface area contributed by atoms with Crippen molar-refractivity contribution < 1.29 is 9.90 Å². The first-order valence-corrected chi connectivity index (χ1v) is 5.41. The molecule has 2 rings (SSSR count). The topological polar surface area (TPSA) is 52.6 Å². The molecule has 1 amide bonds. The summed E-state index contributed by atoms with van der Waals surface area (Å²) in [5.41, 5.74) is 1.36. The van der Waals surface area contributed by atoms with Crippen LogP contribution in [0.3, 0.4) is 0 Å². The van der Waals surface area contributed by atoms with E-state index in [1.165, 1.54) is 5.57 Å². The summed E-state index contributed by atoms with van der Waals surface area (Å²) in [5.74, 6) is 0.0873. The molecular weight excluding hydrogens is 192 g/mol. The van der Waals surface area contributed by atoms with Crippen LogP contribution in [-0.2, 0) is 4.79 Å². The predicted octanol–water partition coefficient (Wildman–Crippen LogP) is -0.111. The quantitative estimate of drug-likeness (QED) is 0.594. The number of hydrogen-bond acceptors (Lipinski definition) is 3. The largest absolute Gasteiger partial charge is 0.388 e. The summed E-state index contributed by atoms with van der Waals surface area (Å²) in [6.07, 6.45) is 0.680. The Labute approximate surface area is 90.0 Å². The van der Waals surface area contributed by atoms with Gasteiger partial charge in [0.15, 0.2) is 0 Å². The highest BCUT2D eigenvalue weighted by Gasteiger charge is 2.34. The monoisotopic (exact) mass is 210 g/mol. The summed E-state index contributed by atoms with van der Waals surface area (Å²) >= 11 is 0. The zero-order valence-corrected chi connectivity index (χ0v) is 9.34. The molecule has 1 atom stereocenters. The average molecular weight is 210 g/mol. The van der Waals surface area contributed by atoms with Crippen molar-refractivity contribution in [2.75, 3.05) is 26.2 Å². The van der Waals surface area contributed by atoms with Gasteiger partial charge in [0.1, 0.15) is 0 Å². The van der Waals surface area contributed by atoms with Gasteiger partial charge in [-0.3, -0.25) is 4.79 Å². The fraction of sp³-hybridized carbons (Fsp3) is 0.727. The van der Waals surface area contributed by atoms with Gasteiger partial charge in [0.2, 0.25) is 5.91 Å². The molecule has 0 bridgehead atoms. The summed E-state index contributed by atoms with van der Waals surface area (Å²) in [6.45, 7) is 6.47. The second-order valence-corrected chi connectivity index (χ2v) is 4.81. The number of carbonyl (C=O) groups excluding carboxylic acids is 1. The molecule has 1 unspecified atom stereocenters. The molecule has 15 heavy (non-hydrogen) atoms. The molecule has 4 nitrogen and oxygen atoms in total. The Morgan fingerprint density at radius 3 is 2.60 bits per heavy atom. The van der Waals surface area contributed by atoms with E-state index in [-0.39, 0.29) is 5.91 Å². The zero-order chi connectivity index (χ0) is 11.1. The highest BCUT2D eigenvalue weighted by atomic mass is 16.3. The number of rotatable bonds is 1. The van der Waals surface area contributed by atoms with Crippen LogP contribution in [0.15, 0.2) is 11.1 Å². The van der Waals surface area contributed by atoms with Gasteiger partial charge in [-0.2, -0.15) is 0 Å². The molecule has 0 aromatic rings. The van der Waals surface area contributed by atoms with E-state index in [2.05, 4.69) is 5.32 Å². The third-order valence-corrected chi connectivity index (χ3v) is 3.27. The van der Waals surface area contributed by atoms with Gasteiger partial charge in [0, 0.05) is 31.8 Å². The van der Waals surface area contributed by atoms with Crippen LogP contribution in [0.1, 0.15) is 20.3 Å². The molecule has 2 aliphatic rings. The second kappa shape index (κ2) is 3.61. The first-order valence-electron chi connectivity index (χ1n) is 5.41. The van der Waals surface area contributed by atoms with Gasteiger partial charge in [0.05, 0.1) is 5.60 Å². The molecule has 0 radical (unpaired) electrons. The number of nitrogens with one attached hydrogen (secondary N) is 1. The van der Waals surface area contributed by atoms with Gasteiger partial charge in [-0.25, -0.2) is 0 Å². The van der Waals surface area contributed by atoms with E-state index >= 15 is 0 Å². The van der Waals surface area contributed by atoms with Crippen LogP contribution in [-0.4, -0.2) is 47.7 Å². The molecule has 2 aliphatic heterocycles. The van der Waals surface area contributed by atoms with Gasteiger partial charge in [0.25, 0.3) is 0 Å². The van der Waals surface area contributed by atoms with Gasteiger partial charge in [-0.15, -0.1) is 0 Å². The normalized spacial score (nSPS) is 30.3. The maximum absolute atomic E-state index is 12.0. The number of likely N-dealkylation sites (tertiary alicyclic amines) is 1. The van der Waals surface area contributed by atoms with Crippen LogP contribution in [0.2, 0.25) is 0 Å². The fourth-order valence-corrected chi connectivity index (χ4v) is 2.02. The van der Waals surface area contributed by atoms with Crippen LogP contribution in [0, 0.1) is 0 Å². The molecule has 0 aromatic carbocycles. The molecule has 2 saturated heterocycles. The first-order chi connectivity index (χ1) is 6.99. The third-order valence-electron chi connectivity index (χ3n) is 3.27. The summed E-state index contributed by atoms with van der Waals surface area (Å²) in [5, 5.41) is 12.9. The van der Waals surface area contributed by atoms with Crippen molar-refractivity contribution in [1.82, 2.24) is 10.2 Å². The maximum Gasteiger partial charge on any atom is 0.249 e. The Hall–Kier alpha value is -0.870. The predicted molar refractivity (Wildman–Crippen MR) is 57.4 cm³/mol. The average Bonchev–Trinajstić information content (AvgIpc) is 2.41. The number of amides is 1. The van der Waals surface area contributed by atoms with E-state index in [1.807, 2.05) is 6.92 Å². The molecule has 0 aromatic heterocycles. The number of β-amino-alcohol motifs (C(OH)–C–C–N with tert-alkyl or cyclic N) is 1. The molecule has 4 heteroatoms. The Balaban J connectivity index is 2.03. The van der Waals surface area contributed by atoms with E-state index in [0.717, 1.165) is 18.7 Å². The van der Waals surface area contributed by atoms with Gasteiger partial charge >= 0.3 is 0 Å². The van der Waals surface area contributed by atoms with Crippen molar-refractivity contribution in [2.24, 2.45) is 0 Å². The number of carbonyl (C=O) groups is 1. The lowest BCUT2D eigenvalue weighted by molar-refractivity contribution is -0.127. The minimum Gasteiger partial charge on any atom is -0.388 e. The van der Waals surface area contributed by atoms with Crippen molar-refractivity contribution in [3.63, 3.8) is 0 Å². The maximum atomic E-state index is 12.0. The fourth-order valence-electron chi connectivity index (χ4n) is 2.02. The molecule has 0 spiro atoms. The van der Waals surface area contributed by atoms with E-state index in [9.17, 15) is 9.90 Å². The van der Waals surface area contributed by atoms with Crippen molar-refractivity contribution in [1.29, 1.82) is 0 Å². The van der Waals surface area contributed by atoms with Crippen LogP contribution in [0.4, 0.5) is 0 Å². The third kappa shape index (κ3) is 2.06. The Kier molecular flexibility index (Phi) is 2.56. The minimum atomic E-state index is -0.696. The summed E-state index contributed by atoms with van der Waals surface area (Å²) in [6, 6.07) is 0. The molecular formula is C11H18N2O2. The van der Waals surface area contributed by atoms with E-state index in [4.69, 9.17) is 0 Å². The standard InChI is InChI=1S/C11H18N2O2/c1-8(9-5-12-6-9)10(14)13-4-3-11(2,15)7-13/h12,15H,3-7H2,1-2H3. The second-order valence-electron chi connectivity index (χ2n) is 4.81. The summed E-state index contributed by atoms with van der Waals surface area (Å²) in [7, 11) is 0. The van der Waals surface area contributed by atoms with E-state index < -0.39 is 5.60 Å². The molecule has 2 N–H and O–H groups in total. The SMILES string of the molecule is CC(C(=O)N1CCC(C)(O)C1)=C1CNC1. The highest BCUT2D eigenvalue weighted by Crippen LogP contribution is 2.22. The summed E-state index contributed by atoms with van der Waals surface area (Å²) < 4.78 is 0.